The van der Waals surface area contributed by atoms with E-state index in [1.54, 1.807) is 6.21 Å². The van der Waals surface area contributed by atoms with Crippen LogP contribution in [0.25, 0.3) is 0 Å². The second-order valence-corrected chi connectivity index (χ2v) is 8.66. The molecule has 4 aliphatic carbocycles. The summed E-state index contributed by atoms with van der Waals surface area (Å²) in [5, 5.41) is 4.28. The van der Waals surface area contributed by atoms with Crippen LogP contribution in [0.4, 0.5) is 5.69 Å². The molecule has 0 radical (unpaired) electrons. The third kappa shape index (κ3) is 3.26. The van der Waals surface area contributed by atoms with Gasteiger partial charge in [0.2, 0.25) is 5.91 Å². The van der Waals surface area contributed by atoms with Crippen LogP contribution in [0.15, 0.2) is 29.4 Å². The highest BCUT2D eigenvalue weighted by Crippen LogP contribution is 2.60. The molecule has 4 bridgehead atoms. The normalized spacial score (nSPS) is 32.2. The first-order valence-electron chi connectivity index (χ1n) is 10.3. The summed E-state index contributed by atoms with van der Waals surface area (Å²) in [5.74, 6) is 2.50. The Labute approximate surface area is 157 Å². The monoisotopic (exact) mass is 353 g/mol. The molecule has 0 aliphatic heterocycles. The zero-order valence-electron chi connectivity index (χ0n) is 16.1. The number of nitrogens with zero attached hydrogens (tertiary/aromatic N) is 2. The van der Waals surface area contributed by atoms with Crippen molar-refractivity contribution in [2.45, 2.75) is 52.4 Å². The standard InChI is InChI=1S/C22H31N3O/c1-3-25(4-2)20-7-5-16(6-8-20)15-23-24-21(26)22-12-17-9-18(13-22)11-19(10-17)14-22/h5-8,15,17-19H,3-4,9-14H2,1-2H3,(H,24,26). The Balaban J connectivity index is 1.37. The van der Waals surface area contributed by atoms with E-state index >= 15 is 0 Å². The summed E-state index contributed by atoms with van der Waals surface area (Å²) in [6.45, 7) is 6.34. The Kier molecular flexibility index (Phi) is 4.76. The molecule has 1 N–H and O–H groups in total. The Morgan fingerprint density at radius 3 is 2.12 bits per heavy atom. The zero-order chi connectivity index (χ0) is 18.1. The van der Waals surface area contributed by atoms with Crippen LogP contribution in [-0.2, 0) is 4.79 Å². The topological polar surface area (TPSA) is 44.7 Å². The summed E-state index contributed by atoms with van der Waals surface area (Å²) in [5.41, 5.74) is 4.99. The fourth-order valence-corrected chi connectivity index (χ4v) is 6.03. The van der Waals surface area contributed by atoms with Gasteiger partial charge in [0.25, 0.3) is 0 Å². The van der Waals surface area contributed by atoms with Crippen molar-refractivity contribution in [2.75, 3.05) is 18.0 Å². The van der Waals surface area contributed by atoms with Crippen molar-refractivity contribution < 1.29 is 4.79 Å². The maximum Gasteiger partial charge on any atom is 0.246 e. The summed E-state index contributed by atoms with van der Waals surface area (Å²) in [6, 6.07) is 8.37. The first-order chi connectivity index (χ1) is 12.6. The lowest BCUT2D eigenvalue weighted by atomic mass is 9.49. The summed E-state index contributed by atoms with van der Waals surface area (Å²) < 4.78 is 0. The molecule has 0 unspecified atom stereocenters. The maximum absolute atomic E-state index is 12.9. The SMILES string of the molecule is CCN(CC)c1ccc(C=NNC(=O)C23CC4CC(CC(C4)C2)C3)cc1. The lowest BCUT2D eigenvalue weighted by molar-refractivity contribution is -0.146. The van der Waals surface area contributed by atoms with E-state index in [-0.39, 0.29) is 11.3 Å². The number of benzene rings is 1. The molecule has 4 fully saturated rings. The van der Waals surface area contributed by atoms with Crippen molar-refractivity contribution >= 4 is 17.8 Å². The Hall–Kier alpha value is -1.84. The van der Waals surface area contributed by atoms with Crippen LogP contribution in [0.3, 0.4) is 0 Å². The van der Waals surface area contributed by atoms with Gasteiger partial charge in [-0.05, 0) is 87.8 Å². The molecule has 5 rings (SSSR count). The van der Waals surface area contributed by atoms with Crippen LogP contribution in [-0.4, -0.2) is 25.2 Å². The fourth-order valence-electron chi connectivity index (χ4n) is 6.03. The highest BCUT2D eigenvalue weighted by Gasteiger charge is 2.54. The Morgan fingerprint density at radius 1 is 1.08 bits per heavy atom. The molecule has 140 valence electrons. The van der Waals surface area contributed by atoms with E-state index in [0.29, 0.717) is 0 Å². The maximum atomic E-state index is 12.9. The molecule has 4 saturated carbocycles. The molecule has 1 aromatic carbocycles. The van der Waals surface area contributed by atoms with Crippen molar-refractivity contribution in [2.24, 2.45) is 28.3 Å². The van der Waals surface area contributed by atoms with Crippen LogP contribution in [0.2, 0.25) is 0 Å². The van der Waals surface area contributed by atoms with E-state index in [1.165, 1.54) is 24.9 Å². The van der Waals surface area contributed by atoms with Crippen molar-refractivity contribution in [1.82, 2.24) is 5.43 Å². The lowest BCUT2D eigenvalue weighted by Gasteiger charge is -2.55. The smallest absolute Gasteiger partial charge is 0.246 e. The van der Waals surface area contributed by atoms with E-state index < -0.39 is 0 Å². The van der Waals surface area contributed by atoms with Crippen molar-refractivity contribution in [3.8, 4) is 0 Å². The molecule has 0 aromatic heterocycles. The number of rotatable bonds is 6. The van der Waals surface area contributed by atoms with Gasteiger partial charge in [-0.15, -0.1) is 0 Å². The second kappa shape index (κ2) is 7.05. The molecule has 1 aromatic rings. The number of carbonyl (C=O) groups is 1. The van der Waals surface area contributed by atoms with E-state index in [9.17, 15) is 4.79 Å². The zero-order valence-corrected chi connectivity index (χ0v) is 16.1. The average molecular weight is 354 g/mol. The molecule has 0 spiro atoms. The van der Waals surface area contributed by atoms with Gasteiger partial charge in [0.1, 0.15) is 0 Å². The number of hydrogen-bond donors (Lipinski definition) is 1. The highest BCUT2D eigenvalue weighted by molar-refractivity contribution is 5.86. The van der Waals surface area contributed by atoms with Crippen molar-refractivity contribution in [1.29, 1.82) is 0 Å². The number of hydrazone groups is 1. The molecular weight excluding hydrogens is 322 g/mol. The number of nitrogens with one attached hydrogen (secondary N) is 1. The van der Waals surface area contributed by atoms with Crippen LogP contribution in [0, 0.1) is 23.2 Å². The Bertz CT molecular complexity index is 640. The van der Waals surface area contributed by atoms with E-state index in [1.807, 2.05) is 0 Å². The molecule has 0 saturated heterocycles. The van der Waals surface area contributed by atoms with E-state index in [2.05, 4.69) is 53.5 Å². The number of hydrogen-bond acceptors (Lipinski definition) is 3. The lowest BCUT2D eigenvalue weighted by Crippen LogP contribution is -2.52. The summed E-state index contributed by atoms with van der Waals surface area (Å²) in [6.07, 6.45) is 9.08. The highest BCUT2D eigenvalue weighted by atomic mass is 16.2. The summed E-state index contributed by atoms with van der Waals surface area (Å²) in [7, 11) is 0. The van der Waals surface area contributed by atoms with Crippen LogP contribution in [0.1, 0.15) is 57.9 Å². The molecule has 4 heteroatoms. The minimum absolute atomic E-state index is 0.126. The summed E-state index contributed by atoms with van der Waals surface area (Å²) >= 11 is 0. The molecular formula is C22H31N3O. The van der Waals surface area contributed by atoms with Gasteiger partial charge in [-0.25, -0.2) is 5.43 Å². The quantitative estimate of drug-likeness (QED) is 0.615. The fraction of sp³-hybridized carbons (Fsp3) is 0.636. The Morgan fingerprint density at radius 2 is 1.62 bits per heavy atom. The third-order valence-electron chi connectivity index (χ3n) is 6.92. The van der Waals surface area contributed by atoms with Gasteiger partial charge in [-0.2, -0.15) is 5.10 Å². The van der Waals surface area contributed by atoms with E-state index in [0.717, 1.165) is 55.7 Å². The first kappa shape index (κ1) is 17.6. The predicted molar refractivity (Wildman–Crippen MR) is 106 cm³/mol. The van der Waals surface area contributed by atoms with Crippen LogP contribution >= 0.6 is 0 Å². The van der Waals surface area contributed by atoms with Crippen LogP contribution in [0.5, 0.6) is 0 Å². The number of amides is 1. The number of carbonyl (C=O) groups excluding carboxylic acids is 1. The van der Waals surface area contributed by atoms with Gasteiger partial charge in [0.05, 0.1) is 11.6 Å². The van der Waals surface area contributed by atoms with Gasteiger partial charge in [-0.3, -0.25) is 4.79 Å². The van der Waals surface area contributed by atoms with Crippen LogP contribution < -0.4 is 10.3 Å². The minimum Gasteiger partial charge on any atom is -0.372 e. The number of anilines is 1. The van der Waals surface area contributed by atoms with Gasteiger partial charge in [0.15, 0.2) is 0 Å². The molecule has 26 heavy (non-hydrogen) atoms. The van der Waals surface area contributed by atoms with Gasteiger partial charge < -0.3 is 4.90 Å². The van der Waals surface area contributed by atoms with Gasteiger partial charge in [-0.1, -0.05) is 12.1 Å². The molecule has 1 amide bonds. The van der Waals surface area contributed by atoms with E-state index in [4.69, 9.17) is 0 Å². The largest absolute Gasteiger partial charge is 0.372 e. The van der Waals surface area contributed by atoms with Crippen molar-refractivity contribution in [3.05, 3.63) is 29.8 Å². The van der Waals surface area contributed by atoms with Gasteiger partial charge >= 0.3 is 0 Å². The van der Waals surface area contributed by atoms with Gasteiger partial charge in [0, 0.05) is 18.8 Å². The molecule has 4 nitrogen and oxygen atoms in total. The molecule has 0 heterocycles. The third-order valence-corrected chi connectivity index (χ3v) is 6.92. The predicted octanol–water partition coefficient (Wildman–Crippen LogP) is 4.20. The minimum atomic E-state index is -0.126. The summed E-state index contributed by atoms with van der Waals surface area (Å²) in [4.78, 5) is 15.2. The molecule has 4 aliphatic rings. The average Bonchev–Trinajstić information content (AvgIpc) is 2.63. The second-order valence-electron chi connectivity index (χ2n) is 8.66. The van der Waals surface area contributed by atoms with Crippen molar-refractivity contribution in [3.63, 3.8) is 0 Å². The molecule has 0 atom stereocenters. The first-order valence-corrected chi connectivity index (χ1v) is 10.3.